The van der Waals surface area contributed by atoms with Gasteiger partial charge in [0.2, 0.25) is 0 Å². The molecule has 1 rings (SSSR count). The first-order valence-corrected chi connectivity index (χ1v) is 4.77. The highest BCUT2D eigenvalue weighted by molar-refractivity contribution is 5.76. The smallest absolute Gasteiger partial charge is 0.132 e. The highest BCUT2D eigenvalue weighted by Gasteiger charge is 2.45. The molecule has 0 unspecified atom stereocenters. The standard InChI is InChI=1S/C9H16O6/c1-4(11)2-6-7(13)8(14)9(15-6)5(12)3-10/h5-10,12-14H,2-3H2,1H3/t5-,6+,7+,8-,9-/m1/s1. The first-order valence-electron chi connectivity index (χ1n) is 4.77. The fourth-order valence-corrected chi connectivity index (χ4v) is 1.65. The van der Waals surface area contributed by atoms with Crippen LogP contribution in [0.15, 0.2) is 0 Å². The Morgan fingerprint density at radius 2 is 2.00 bits per heavy atom. The average molecular weight is 220 g/mol. The minimum absolute atomic E-state index is 0.0210. The van der Waals surface area contributed by atoms with Crippen LogP contribution in [-0.4, -0.2) is 63.3 Å². The van der Waals surface area contributed by atoms with Crippen LogP contribution in [0, 0.1) is 0 Å². The van der Waals surface area contributed by atoms with Crippen molar-refractivity contribution in [3.63, 3.8) is 0 Å². The molecule has 0 bridgehead atoms. The number of carbonyl (C=O) groups is 1. The van der Waals surface area contributed by atoms with Crippen molar-refractivity contribution in [3.05, 3.63) is 0 Å². The number of aliphatic hydroxyl groups is 4. The van der Waals surface area contributed by atoms with Gasteiger partial charge in [0.1, 0.15) is 30.2 Å². The van der Waals surface area contributed by atoms with E-state index < -0.39 is 37.1 Å². The number of Topliss-reactive ketones (excluding diaryl/α,β-unsaturated/α-hetero) is 1. The summed E-state index contributed by atoms with van der Waals surface area (Å²) in [5, 5.41) is 36.9. The van der Waals surface area contributed by atoms with Crippen LogP contribution in [0.25, 0.3) is 0 Å². The maximum Gasteiger partial charge on any atom is 0.132 e. The van der Waals surface area contributed by atoms with Crippen LogP contribution in [-0.2, 0) is 9.53 Å². The molecule has 1 aliphatic rings. The molecule has 1 fully saturated rings. The lowest BCUT2D eigenvalue weighted by atomic mass is 10.0. The predicted molar refractivity (Wildman–Crippen MR) is 49.1 cm³/mol. The van der Waals surface area contributed by atoms with Crippen LogP contribution in [0.2, 0.25) is 0 Å². The van der Waals surface area contributed by atoms with E-state index in [1.807, 2.05) is 0 Å². The van der Waals surface area contributed by atoms with Gasteiger partial charge in [-0.1, -0.05) is 0 Å². The van der Waals surface area contributed by atoms with Crippen LogP contribution in [0.1, 0.15) is 13.3 Å². The number of ketones is 1. The molecule has 1 aliphatic heterocycles. The monoisotopic (exact) mass is 220 g/mol. The SMILES string of the molecule is CC(=O)C[C@@H]1O[C@H]([C@H](O)CO)[C@H](O)[C@H]1O. The van der Waals surface area contributed by atoms with Gasteiger partial charge in [0.05, 0.1) is 12.7 Å². The second-order valence-electron chi connectivity index (χ2n) is 3.78. The summed E-state index contributed by atoms with van der Waals surface area (Å²) in [4.78, 5) is 10.8. The van der Waals surface area contributed by atoms with Crippen LogP contribution in [0.3, 0.4) is 0 Å². The molecule has 6 nitrogen and oxygen atoms in total. The van der Waals surface area contributed by atoms with Crippen molar-refractivity contribution in [1.29, 1.82) is 0 Å². The molecule has 0 saturated carbocycles. The lowest BCUT2D eigenvalue weighted by molar-refractivity contribution is -0.122. The molecule has 0 aromatic carbocycles. The summed E-state index contributed by atoms with van der Waals surface area (Å²) in [6, 6.07) is 0. The molecule has 1 heterocycles. The van der Waals surface area contributed by atoms with Gasteiger partial charge < -0.3 is 25.2 Å². The lowest BCUT2D eigenvalue weighted by Gasteiger charge is -2.18. The minimum atomic E-state index is -1.28. The van der Waals surface area contributed by atoms with Gasteiger partial charge in [0.15, 0.2) is 0 Å². The molecular formula is C9H16O6. The molecule has 0 radical (unpaired) electrons. The van der Waals surface area contributed by atoms with E-state index in [0.717, 1.165) is 0 Å². The topological polar surface area (TPSA) is 107 Å². The summed E-state index contributed by atoms with van der Waals surface area (Å²) in [5.41, 5.74) is 0. The molecule has 0 spiro atoms. The van der Waals surface area contributed by atoms with E-state index in [2.05, 4.69) is 0 Å². The van der Waals surface area contributed by atoms with E-state index in [1.54, 1.807) is 0 Å². The average Bonchev–Trinajstić information content (AvgIpc) is 2.44. The second kappa shape index (κ2) is 5.00. The third-order valence-corrected chi connectivity index (χ3v) is 2.45. The number of rotatable bonds is 4. The second-order valence-corrected chi connectivity index (χ2v) is 3.78. The Kier molecular flexibility index (Phi) is 4.18. The van der Waals surface area contributed by atoms with Crippen molar-refractivity contribution in [2.75, 3.05) is 6.61 Å². The third-order valence-electron chi connectivity index (χ3n) is 2.45. The Morgan fingerprint density at radius 1 is 1.40 bits per heavy atom. The number of hydrogen-bond donors (Lipinski definition) is 4. The summed E-state index contributed by atoms with van der Waals surface area (Å²) in [6.45, 7) is 0.777. The van der Waals surface area contributed by atoms with Gasteiger partial charge in [-0.3, -0.25) is 4.79 Å². The van der Waals surface area contributed by atoms with E-state index in [0.29, 0.717) is 0 Å². The summed E-state index contributed by atoms with van der Waals surface area (Å²) >= 11 is 0. The molecule has 0 aromatic heterocycles. The Morgan fingerprint density at radius 3 is 2.47 bits per heavy atom. The largest absolute Gasteiger partial charge is 0.394 e. The number of aliphatic hydroxyl groups excluding tert-OH is 4. The van der Waals surface area contributed by atoms with Crippen molar-refractivity contribution in [1.82, 2.24) is 0 Å². The maximum atomic E-state index is 10.8. The molecule has 6 heteroatoms. The Balaban J connectivity index is 2.62. The van der Waals surface area contributed by atoms with Crippen LogP contribution in [0.5, 0.6) is 0 Å². The number of ether oxygens (including phenoxy) is 1. The highest BCUT2D eigenvalue weighted by atomic mass is 16.6. The molecule has 0 aliphatic carbocycles. The Hall–Kier alpha value is -0.530. The van der Waals surface area contributed by atoms with E-state index in [9.17, 15) is 20.1 Å². The van der Waals surface area contributed by atoms with Crippen molar-refractivity contribution >= 4 is 5.78 Å². The molecule has 4 N–H and O–H groups in total. The first-order chi connectivity index (χ1) is 6.97. The van der Waals surface area contributed by atoms with Gasteiger partial charge >= 0.3 is 0 Å². The summed E-state index contributed by atoms with van der Waals surface area (Å²) in [6.07, 6.45) is -5.63. The zero-order chi connectivity index (χ0) is 11.6. The molecule has 15 heavy (non-hydrogen) atoms. The summed E-state index contributed by atoms with van der Waals surface area (Å²) < 4.78 is 5.12. The van der Waals surface area contributed by atoms with Crippen LogP contribution in [0.4, 0.5) is 0 Å². The van der Waals surface area contributed by atoms with E-state index >= 15 is 0 Å². The molecule has 1 saturated heterocycles. The van der Waals surface area contributed by atoms with Crippen molar-refractivity contribution in [3.8, 4) is 0 Å². The molecular weight excluding hydrogens is 204 g/mol. The normalized spacial score (nSPS) is 37.9. The predicted octanol–water partition coefficient (Wildman–Crippen LogP) is -2.19. The fourth-order valence-electron chi connectivity index (χ4n) is 1.65. The minimum Gasteiger partial charge on any atom is -0.394 e. The number of carbonyl (C=O) groups excluding carboxylic acids is 1. The molecule has 5 atom stereocenters. The van der Waals surface area contributed by atoms with E-state index in [1.165, 1.54) is 6.92 Å². The Bertz CT molecular complexity index is 231. The molecule has 0 aromatic rings. The quantitative estimate of drug-likeness (QED) is 0.428. The number of hydrogen-bond acceptors (Lipinski definition) is 6. The summed E-state index contributed by atoms with van der Waals surface area (Å²) in [5.74, 6) is -0.176. The van der Waals surface area contributed by atoms with Gasteiger partial charge in [-0.2, -0.15) is 0 Å². The third kappa shape index (κ3) is 2.73. The fraction of sp³-hybridized carbons (Fsp3) is 0.889. The van der Waals surface area contributed by atoms with Gasteiger partial charge in [-0.05, 0) is 6.92 Å². The van der Waals surface area contributed by atoms with E-state index in [-0.39, 0.29) is 12.2 Å². The summed E-state index contributed by atoms with van der Waals surface area (Å²) in [7, 11) is 0. The lowest BCUT2D eigenvalue weighted by Crippen LogP contribution is -2.40. The molecule has 0 amide bonds. The Labute approximate surface area is 87.1 Å². The zero-order valence-electron chi connectivity index (χ0n) is 8.41. The zero-order valence-corrected chi connectivity index (χ0v) is 8.41. The van der Waals surface area contributed by atoms with E-state index in [4.69, 9.17) is 9.84 Å². The highest BCUT2D eigenvalue weighted by Crippen LogP contribution is 2.25. The van der Waals surface area contributed by atoms with Crippen LogP contribution >= 0.6 is 0 Å². The first kappa shape index (κ1) is 12.5. The van der Waals surface area contributed by atoms with Crippen molar-refractivity contribution in [2.24, 2.45) is 0 Å². The van der Waals surface area contributed by atoms with Gasteiger partial charge in [0.25, 0.3) is 0 Å². The maximum absolute atomic E-state index is 10.8. The molecule has 88 valence electrons. The van der Waals surface area contributed by atoms with Gasteiger partial charge in [-0.25, -0.2) is 0 Å². The van der Waals surface area contributed by atoms with Gasteiger partial charge in [-0.15, -0.1) is 0 Å². The van der Waals surface area contributed by atoms with Crippen molar-refractivity contribution in [2.45, 2.75) is 43.9 Å². The van der Waals surface area contributed by atoms with Crippen LogP contribution < -0.4 is 0 Å². The van der Waals surface area contributed by atoms with Crippen molar-refractivity contribution < 1.29 is 30.0 Å². The van der Waals surface area contributed by atoms with Gasteiger partial charge in [0, 0.05) is 6.42 Å².